The molecular formula is C37H41N3O2. The van der Waals surface area contributed by atoms with Gasteiger partial charge in [-0.3, -0.25) is 4.98 Å². The Balaban J connectivity index is 0.982. The van der Waals surface area contributed by atoms with Crippen molar-refractivity contribution in [1.82, 2.24) is 10.1 Å². The molecule has 0 unspecified atom stereocenters. The Morgan fingerprint density at radius 3 is 2.50 bits per heavy atom. The molecule has 1 saturated heterocycles. The molecule has 42 heavy (non-hydrogen) atoms. The summed E-state index contributed by atoms with van der Waals surface area (Å²) in [4.78, 5) is 7.39. The molecule has 3 aliphatic carbocycles. The van der Waals surface area contributed by atoms with Crippen LogP contribution < -0.4 is 9.64 Å². The second-order valence-electron chi connectivity index (χ2n) is 13.5. The molecule has 4 fully saturated rings. The molecule has 216 valence electrons. The maximum absolute atomic E-state index is 6.52. The van der Waals surface area contributed by atoms with Crippen molar-refractivity contribution < 1.29 is 9.26 Å². The molecule has 5 heteroatoms. The van der Waals surface area contributed by atoms with Gasteiger partial charge in [-0.25, -0.2) is 0 Å². The molecule has 1 spiro atoms. The highest BCUT2D eigenvalue weighted by atomic mass is 16.5. The molecule has 0 atom stereocenters. The van der Waals surface area contributed by atoms with Crippen molar-refractivity contribution in [2.45, 2.75) is 90.1 Å². The Bertz CT molecular complexity index is 1660. The summed E-state index contributed by atoms with van der Waals surface area (Å²) in [6, 6.07) is 17.5. The fraction of sp³-hybridized carbons (Fsp3) is 0.459. The van der Waals surface area contributed by atoms with E-state index >= 15 is 0 Å². The first-order valence-corrected chi connectivity index (χ1v) is 16.1. The van der Waals surface area contributed by atoms with E-state index in [0.717, 1.165) is 46.9 Å². The predicted octanol–water partition coefficient (Wildman–Crippen LogP) is 9.17. The number of piperidine rings is 1. The molecule has 0 amide bonds. The van der Waals surface area contributed by atoms with Crippen LogP contribution in [0.5, 0.6) is 5.75 Å². The molecule has 1 aliphatic heterocycles. The zero-order valence-corrected chi connectivity index (χ0v) is 25.0. The largest absolute Gasteiger partial charge is 0.490 e. The molecule has 3 heterocycles. The molecule has 4 aliphatic rings. The lowest BCUT2D eigenvalue weighted by molar-refractivity contribution is 0.155. The molecule has 2 aromatic heterocycles. The van der Waals surface area contributed by atoms with E-state index < -0.39 is 0 Å². The van der Waals surface area contributed by atoms with E-state index in [1.54, 1.807) is 5.57 Å². The minimum Gasteiger partial charge on any atom is -0.490 e. The first-order valence-electron chi connectivity index (χ1n) is 16.1. The number of aryl methyl sites for hydroxylation is 2. The van der Waals surface area contributed by atoms with Crippen molar-refractivity contribution >= 4 is 22.7 Å². The summed E-state index contributed by atoms with van der Waals surface area (Å²) in [6.45, 7) is 6.44. The summed E-state index contributed by atoms with van der Waals surface area (Å²) < 4.78 is 12.5. The van der Waals surface area contributed by atoms with Gasteiger partial charge in [0.1, 0.15) is 17.2 Å². The molecule has 5 nitrogen and oxygen atoms in total. The molecule has 0 N–H and O–H groups in total. The quantitative estimate of drug-likeness (QED) is 0.236. The Kier molecular flexibility index (Phi) is 6.38. The average molecular weight is 560 g/mol. The van der Waals surface area contributed by atoms with Crippen LogP contribution in [-0.2, 0) is 0 Å². The predicted molar refractivity (Wildman–Crippen MR) is 169 cm³/mol. The average Bonchev–Trinajstić information content (AvgIpc) is 3.53. The summed E-state index contributed by atoms with van der Waals surface area (Å²) in [6.07, 6.45) is 15.0. The highest BCUT2D eigenvalue weighted by Crippen LogP contribution is 2.54. The van der Waals surface area contributed by atoms with Crippen LogP contribution in [0.25, 0.3) is 28.2 Å². The van der Waals surface area contributed by atoms with Crippen LogP contribution in [0.3, 0.4) is 0 Å². The van der Waals surface area contributed by atoms with Crippen molar-refractivity contribution in [3.05, 3.63) is 76.7 Å². The van der Waals surface area contributed by atoms with Crippen LogP contribution in [0, 0.1) is 19.3 Å². The molecule has 3 saturated carbocycles. The fourth-order valence-electron chi connectivity index (χ4n) is 7.72. The number of benzene rings is 2. The van der Waals surface area contributed by atoms with Gasteiger partial charge < -0.3 is 14.2 Å². The van der Waals surface area contributed by atoms with Crippen molar-refractivity contribution in [2.75, 3.05) is 18.0 Å². The zero-order valence-electron chi connectivity index (χ0n) is 25.0. The number of nitrogens with zero attached hydrogens (tertiary/aromatic N) is 3. The number of ether oxygens (including phenoxy) is 1. The van der Waals surface area contributed by atoms with Gasteiger partial charge in [-0.2, -0.15) is 0 Å². The number of hydrogen-bond donors (Lipinski definition) is 0. The first-order chi connectivity index (χ1) is 20.5. The smallest absolute Gasteiger partial charge is 0.147 e. The summed E-state index contributed by atoms with van der Waals surface area (Å²) in [5.74, 6) is 2.66. The summed E-state index contributed by atoms with van der Waals surface area (Å²) in [7, 11) is 0. The Morgan fingerprint density at radius 2 is 1.74 bits per heavy atom. The third-order valence-electron chi connectivity index (χ3n) is 10.3. The van der Waals surface area contributed by atoms with Crippen LogP contribution in [0.15, 0.2) is 58.6 Å². The summed E-state index contributed by atoms with van der Waals surface area (Å²) in [5, 5.41) is 5.75. The summed E-state index contributed by atoms with van der Waals surface area (Å²) >= 11 is 0. The molecule has 0 radical (unpaired) electrons. The van der Waals surface area contributed by atoms with Crippen LogP contribution in [0.4, 0.5) is 5.69 Å². The van der Waals surface area contributed by atoms with Crippen LogP contribution in [0.1, 0.15) is 92.7 Å². The fourth-order valence-corrected chi connectivity index (χ4v) is 7.72. The number of rotatable bonds is 6. The van der Waals surface area contributed by atoms with Gasteiger partial charge in [0.05, 0.1) is 11.6 Å². The molecule has 2 aromatic carbocycles. The Labute approximate surface area is 249 Å². The summed E-state index contributed by atoms with van der Waals surface area (Å²) in [5.41, 5.74) is 10.1. The van der Waals surface area contributed by atoms with E-state index in [2.05, 4.69) is 78.5 Å². The lowest BCUT2D eigenvalue weighted by Gasteiger charge is -2.50. The minimum absolute atomic E-state index is 0.348. The van der Waals surface area contributed by atoms with Crippen LogP contribution >= 0.6 is 0 Å². The van der Waals surface area contributed by atoms with Gasteiger partial charge in [-0.15, -0.1) is 0 Å². The van der Waals surface area contributed by atoms with E-state index in [1.165, 1.54) is 86.6 Å². The molecule has 4 aromatic rings. The van der Waals surface area contributed by atoms with E-state index in [0.29, 0.717) is 17.4 Å². The second-order valence-corrected chi connectivity index (χ2v) is 13.5. The van der Waals surface area contributed by atoms with Crippen molar-refractivity contribution in [3.8, 4) is 17.0 Å². The maximum atomic E-state index is 6.52. The monoisotopic (exact) mass is 559 g/mol. The van der Waals surface area contributed by atoms with E-state index in [-0.39, 0.29) is 0 Å². The molecule has 0 bridgehead atoms. The number of fused-ring (bicyclic) bond motifs is 1. The van der Waals surface area contributed by atoms with Gasteiger partial charge in [-0.1, -0.05) is 35.0 Å². The number of anilines is 1. The van der Waals surface area contributed by atoms with Gasteiger partial charge in [0.15, 0.2) is 0 Å². The third kappa shape index (κ3) is 4.81. The highest BCUT2D eigenvalue weighted by Gasteiger charge is 2.43. The van der Waals surface area contributed by atoms with Gasteiger partial charge in [0.25, 0.3) is 0 Å². The number of allylic oxidation sites excluding steroid dienone is 1. The first kappa shape index (κ1) is 26.1. The van der Waals surface area contributed by atoms with Crippen molar-refractivity contribution in [2.24, 2.45) is 5.41 Å². The highest BCUT2D eigenvalue weighted by molar-refractivity contribution is 5.88. The topological polar surface area (TPSA) is 51.4 Å². The van der Waals surface area contributed by atoms with E-state index in [1.807, 2.05) is 0 Å². The standard InChI is InChI=1S/C37H41N3O2/c1-24-7-3-6-10-30(24)35-32(36(42-39-35)27-11-12-27)20-26-22-37(23-26)15-17-40(18-16-37)28-13-14-33-31(21-28)34(19-25(2)38-33)41-29-8-4-5-9-29/h3,6-7,10,13-14,19-21,27,29H,4-5,8-9,11-12,15-18,22-23H2,1-2H3. The lowest BCUT2D eigenvalue weighted by atomic mass is 9.60. The van der Waals surface area contributed by atoms with E-state index in [9.17, 15) is 0 Å². The Hall–Kier alpha value is -3.60. The molecule has 8 rings (SSSR count). The van der Waals surface area contributed by atoms with Crippen molar-refractivity contribution in [3.63, 3.8) is 0 Å². The van der Waals surface area contributed by atoms with Gasteiger partial charge in [0.2, 0.25) is 0 Å². The minimum atomic E-state index is 0.348. The van der Waals surface area contributed by atoms with Gasteiger partial charge >= 0.3 is 0 Å². The Morgan fingerprint density at radius 1 is 0.952 bits per heavy atom. The normalized spacial score (nSPS) is 20.3. The van der Waals surface area contributed by atoms with Crippen LogP contribution in [-0.4, -0.2) is 29.3 Å². The number of aromatic nitrogens is 2. The lowest BCUT2D eigenvalue weighted by Crippen LogP contribution is -2.44. The van der Waals surface area contributed by atoms with Gasteiger partial charge in [0, 0.05) is 53.0 Å². The maximum Gasteiger partial charge on any atom is 0.147 e. The SMILES string of the molecule is Cc1cc(OC2CCCC2)c2cc(N3CCC4(CC3)CC(=Cc3c(-c5ccccc5C)noc3C3CC3)C4)ccc2n1. The number of hydrogen-bond acceptors (Lipinski definition) is 5. The second kappa shape index (κ2) is 10.3. The molecular weight excluding hydrogens is 518 g/mol. The zero-order chi connectivity index (χ0) is 28.3. The van der Waals surface area contributed by atoms with Crippen LogP contribution in [0.2, 0.25) is 0 Å². The third-order valence-corrected chi connectivity index (χ3v) is 10.3. The number of pyridine rings is 1. The van der Waals surface area contributed by atoms with Gasteiger partial charge in [-0.05, 0) is 113 Å². The van der Waals surface area contributed by atoms with Crippen molar-refractivity contribution in [1.29, 1.82) is 0 Å². The van der Waals surface area contributed by atoms with E-state index in [4.69, 9.17) is 14.2 Å².